The number of imidazole rings is 1. The molecule has 2 aromatic carbocycles. The predicted octanol–water partition coefficient (Wildman–Crippen LogP) is 1.29. The van der Waals surface area contributed by atoms with Gasteiger partial charge in [-0.25, -0.2) is 4.98 Å². The highest BCUT2D eigenvalue weighted by Crippen LogP contribution is 2.18. The first-order chi connectivity index (χ1) is 13.6. The SMILES string of the molecule is O=C(C[C@H]1NC(=O)c2ccccc2NC1=O)NCCn1cnc2ccccc21. The summed E-state index contributed by atoms with van der Waals surface area (Å²) in [4.78, 5) is 41.2. The Hall–Kier alpha value is -3.68. The minimum absolute atomic E-state index is 0.129. The lowest BCUT2D eigenvalue weighted by molar-refractivity contribution is -0.125. The van der Waals surface area contributed by atoms with Gasteiger partial charge in [0.2, 0.25) is 11.8 Å². The Morgan fingerprint density at radius 3 is 2.79 bits per heavy atom. The zero-order valence-electron chi connectivity index (χ0n) is 15.0. The smallest absolute Gasteiger partial charge is 0.254 e. The van der Waals surface area contributed by atoms with Crippen LogP contribution < -0.4 is 16.0 Å². The highest BCUT2D eigenvalue weighted by molar-refractivity contribution is 6.10. The second-order valence-electron chi connectivity index (χ2n) is 6.54. The molecule has 1 aromatic heterocycles. The Labute approximate surface area is 160 Å². The minimum atomic E-state index is -0.922. The lowest BCUT2D eigenvalue weighted by atomic mass is 10.1. The molecule has 0 bridgehead atoms. The predicted molar refractivity (Wildman–Crippen MR) is 104 cm³/mol. The van der Waals surface area contributed by atoms with E-state index in [-0.39, 0.29) is 18.2 Å². The van der Waals surface area contributed by atoms with E-state index in [9.17, 15) is 14.4 Å². The molecule has 0 aliphatic carbocycles. The Morgan fingerprint density at radius 1 is 1.11 bits per heavy atom. The molecule has 8 nitrogen and oxygen atoms in total. The minimum Gasteiger partial charge on any atom is -0.354 e. The number of nitrogens with zero attached hydrogens (tertiary/aromatic N) is 2. The maximum absolute atomic E-state index is 12.3. The van der Waals surface area contributed by atoms with Crippen LogP contribution in [0.2, 0.25) is 0 Å². The van der Waals surface area contributed by atoms with E-state index in [1.165, 1.54) is 0 Å². The third kappa shape index (κ3) is 3.57. The first kappa shape index (κ1) is 17.7. The Bertz CT molecular complexity index is 1060. The Kier molecular flexibility index (Phi) is 4.76. The van der Waals surface area contributed by atoms with E-state index in [1.54, 1.807) is 30.6 Å². The van der Waals surface area contributed by atoms with Gasteiger partial charge in [-0.1, -0.05) is 24.3 Å². The highest BCUT2D eigenvalue weighted by atomic mass is 16.2. The standard InChI is InChI=1S/C20H19N5O3/c26-18(21-9-10-25-12-22-15-7-3-4-8-17(15)25)11-16-20(28)23-14-6-2-1-5-13(14)19(27)24-16/h1-8,12,16H,9-11H2,(H,21,26)(H,23,28)(H,24,27)/t16-/m1/s1. The molecule has 3 N–H and O–H groups in total. The summed E-state index contributed by atoms with van der Waals surface area (Å²) in [5.74, 6) is -1.10. The van der Waals surface area contributed by atoms with Crippen LogP contribution in [-0.2, 0) is 16.1 Å². The van der Waals surface area contributed by atoms with Crippen molar-refractivity contribution in [2.45, 2.75) is 19.0 Å². The van der Waals surface area contributed by atoms with Gasteiger partial charge in [0, 0.05) is 13.1 Å². The molecule has 142 valence electrons. The molecule has 0 saturated carbocycles. The molecule has 2 heterocycles. The van der Waals surface area contributed by atoms with Crippen molar-refractivity contribution in [2.24, 2.45) is 0 Å². The number of fused-ring (bicyclic) bond motifs is 2. The lowest BCUT2D eigenvalue weighted by Crippen LogP contribution is -2.44. The van der Waals surface area contributed by atoms with Gasteiger partial charge in [-0.2, -0.15) is 0 Å². The maximum atomic E-state index is 12.3. The van der Waals surface area contributed by atoms with E-state index in [4.69, 9.17) is 0 Å². The van der Waals surface area contributed by atoms with Crippen molar-refractivity contribution in [3.05, 3.63) is 60.4 Å². The molecular weight excluding hydrogens is 358 g/mol. The van der Waals surface area contributed by atoms with E-state index in [0.717, 1.165) is 11.0 Å². The summed E-state index contributed by atoms with van der Waals surface area (Å²) in [6.45, 7) is 0.947. The van der Waals surface area contributed by atoms with E-state index in [1.807, 2.05) is 28.8 Å². The third-order valence-corrected chi connectivity index (χ3v) is 4.64. The van der Waals surface area contributed by atoms with E-state index in [0.29, 0.717) is 24.3 Å². The molecule has 0 fully saturated rings. The van der Waals surface area contributed by atoms with Crippen molar-refractivity contribution in [3.63, 3.8) is 0 Å². The molecule has 0 radical (unpaired) electrons. The molecule has 0 spiro atoms. The van der Waals surface area contributed by atoms with Crippen molar-refractivity contribution in [1.29, 1.82) is 0 Å². The van der Waals surface area contributed by atoms with Gasteiger partial charge in [-0.3, -0.25) is 14.4 Å². The number of para-hydroxylation sites is 3. The topological polar surface area (TPSA) is 105 Å². The second-order valence-corrected chi connectivity index (χ2v) is 6.54. The largest absolute Gasteiger partial charge is 0.354 e. The van der Waals surface area contributed by atoms with E-state index in [2.05, 4.69) is 20.9 Å². The van der Waals surface area contributed by atoms with Gasteiger partial charge < -0.3 is 20.5 Å². The number of carbonyl (C=O) groups is 3. The van der Waals surface area contributed by atoms with Gasteiger partial charge in [0.1, 0.15) is 6.04 Å². The van der Waals surface area contributed by atoms with Gasteiger partial charge in [0.15, 0.2) is 0 Å². The zero-order chi connectivity index (χ0) is 19.5. The number of aromatic nitrogens is 2. The molecule has 1 aliphatic rings. The summed E-state index contributed by atoms with van der Waals surface area (Å²) in [6.07, 6.45) is 1.60. The fourth-order valence-corrected chi connectivity index (χ4v) is 3.22. The van der Waals surface area contributed by atoms with Gasteiger partial charge in [-0.15, -0.1) is 0 Å². The van der Waals surface area contributed by atoms with Gasteiger partial charge in [0.25, 0.3) is 5.91 Å². The number of nitrogens with one attached hydrogen (secondary N) is 3. The molecule has 0 unspecified atom stereocenters. The number of benzene rings is 2. The van der Waals surface area contributed by atoms with Gasteiger partial charge in [0.05, 0.1) is 35.0 Å². The summed E-state index contributed by atoms with van der Waals surface area (Å²) in [5, 5.41) is 8.10. The van der Waals surface area contributed by atoms with Crippen LogP contribution in [0.15, 0.2) is 54.9 Å². The molecule has 3 aromatic rings. The summed E-state index contributed by atoms with van der Waals surface area (Å²) >= 11 is 0. The number of hydrogen-bond acceptors (Lipinski definition) is 4. The second kappa shape index (κ2) is 7.51. The maximum Gasteiger partial charge on any atom is 0.254 e. The average Bonchev–Trinajstić information content (AvgIpc) is 3.06. The van der Waals surface area contributed by atoms with Crippen molar-refractivity contribution in [2.75, 3.05) is 11.9 Å². The third-order valence-electron chi connectivity index (χ3n) is 4.64. The molecule has 8 heteroatoms. The van der Waals surface area contributed by atoms with Crippen LogP contribution in [0.1, 0.15) is 16.8 Å². The zero-order valence-corrected chi connectivity index (χ0v) is 15.0. The van der Waals surface area contributed by atoms with Crippen molar-refractivity contribution in [3.8, 4) is 0 Å². The molecule has 1 aliphatic heterocycles. The first-order valence-electron chi connectivity index (χ1n) is 8.99. The summed E-state index contributed by atoms with van der Waals surface area (Å²) in [7, 11) is 0. The normalized spacial score (nSPS) is 16.1. The van der Waals surface area contributed by atoms with Crippen LogP contribution in [-0.4, -0.2) is 39.9 Å². The number of hydrogen-bond donors (Lipinski definition) is 3. The monoisotopic (exact) mass is 377 g/mol. The van der Waals surface area contributed by atoms with Gasteiger partial charge in [-0.05, 0) is 24.3 Å². The molecule has 1 atom stereocenters. The van der Waals surface area contributed by atoms with Crippen LogP contribution in [0, 0.1) is 0 Å². The van der Waals surface area contributed by atoms with Gasteiger partial charge >= 0.3 is 0 Å². The number of carbonyl (C=O) groups excluding carboxylic acids is 3. The Morgan fingerprint density at radius 2 is 1.89 bits per heavy atom. The van der Waals surface area contributed by atoms with Crippen molar-refractivity contribution >= 4 is 34.4 Å². The van der Waals surface area contributed by atoms with Crippen LogP contribution in [0.4, 0.5) is 5.69 Å². The van der Waals surface area contributed by atoms with Crippen molar-refractivity contribution in [1.82, 2.24) is 20.2 Å². The molecule has 0 saturated heterocycles. The molecule has 4 rings (SSSR count). The van der Waals surface area contributed by atoms with Crippen LogP contribution in [0.5, 0.6) is 0 Å². The average molecular weight is 377 g/mol. The van der Waals surface area contributed by atoms with Crippen molar-refractivity contribution < 1.29 is 14.4 Å². The number of rotatable bonds is 5. The van der Waals surface area contributed by atoms with Crippen LogP contribution in [0.25, 0.3) is 11.0 Å². The fourth-order valence-electron chi connectivity index (χ4n) is 3.22. The van der Waals surface area contributed by atoms with E-state index < -0.39 is 11.9 Å². The van der Waals surface area contributed by atoms with E-state index >= 15 is 0 Å². The first-order valence-corrected chi connectivity index (χ1v) is 8.99. The fraction of sp³-hybridized carbons (Fsp3) is 0.200. The van der Waals surface area contributed by atoms with Crippen LogP contribution in [0.3, 0.4) is 0 Å². The molecule has 28 heavy (non-hydrogen) atoms. The summed E-state index contributed by atoms with van der Waals surface area (Å²) in [5.41, 5.74) is 2.71. The summed E-state index contributed by atoms with van der Waals surface area (Å²) < 4.78 is 1.95. The Balaban J connectivity index is 1.34. The lowest BCUT2D eigenvalue weighted by Gasteiger charge is -2.14. The molecule has 3 amide bonds. The molecular formula is C20H19N5O3. The summed E-state index contributed by atoms with van der Waals surface area (Å²) in [6, 6.07) is 13.6. The number of amides is 3. The van der Waals surface area contributed by atoms with Crippen LogP contribution >= 0.6 is 0 Å². The quantitative estimate of drug-likeness (QED) is 0.623. The number of anilines is 1. The highest BCUT2D eigenvalue weighted by Gasteiger charge is 2.29.